The molecule has 2 saturated heterocycles. The van der Waals surface area contributed by atoms with Crippen molar-refractivity contribution < 1.29 is 4.74 Å². The van der Waals surface area contributed by atoms with Crippen molar-refractivity contribution >= 4 is 15.9 Å². The number of nitrogens with zero attached hydrogens (tertiary/aromatic N) is 1. The van der Waals surface area contributed by atoms with E-state index in [-0.39, 0.29) is 0 Å². The molecule has 0 aromatic rings. The number of alkyl halides is 1. The van der Waals surface area contributed by atoms with Gasteiger partial charge in [0.25, 0.3) is 0 Å². The van der Waals surface area contributed by atoms with Crippen LogP contribution in [0.4, 0.5) is 0 Å². The minimum Gasteiger partial charge on any atom is -0.377 e. The molecule has 2 fully saturated rings. The molecule has 0 spiro atoms. The van der Waals surface area contributed by atoms with Gasteiger partial charge >= 0.3 is 0 Å². The lowest BCUT2D eigenvalue weighted by molar-refractivity contribution is 0.0564. The molecule has 0 bridgehead atoms. The van der Waals surface area contributed by atoms with Crippen molar-refractivity contribution in [1.29, 1.82) is 0 Å². The Morgan fingerprint density at radius 1 is 1.27 bits per heavy atom. The van der Waals surface area contributed by atoms with Crippen molar-refractivity contribution in [3.8, 4) is 0 Å². The number of ether oxygens (including phenoxy) is 1. The van der Waals surface area contributed by atoms with Gasteiger partial charge in [0.15, 0.2) is 0 Å². The summed E-state index contributed by atoms with van der Waals surface area (Å²) in [5.41, 5.74) is 0. The number of piperidine rings is 1. The van der Waals surface area contributed by atoms with Gasteiger partial charge < -0.3 is 9.64 Å². The maximum Gasteiger partial charge on any atom is 0.0702 e. The van der Waals surface area contributed by atoms with Gasteiger partial charge in [0.05, 0.1) is 6.10 Å². The average Bonchev–Trinajstić information content (AvgIpc) is 2.71. The van der Waals surface area contributed by atoms with Gasteiger partial charge in [-0.05, 0) is 44.6 Å². The molecule has 15 heavy (non-hydrogen) atoms. The van der Waals surface area contributed by atoms with Gasteiger partial charge in [0, 0.05) is 25.0 Å². The molecular formula is C12H22BrNO. The number of halogens is 1. The lowest BCUT2D eigenvalue weighted by atomic mass is 9.95. The molecule has 88 valence electrons. The highest BCUT2D eigenvalue weighted by atomic mass is 79.9. The third-order valence-corrected chi connectivity index (χ3v) is 4.06. The Morgan fingerprint density at radius 2 is 2.20 bits per heavy atom. The fourth-order valence-electron chi connectivity index (χ4n) is 2.78. The van der Waals surface area contributed by atoms with Crippen molar-refractivity contribution in [2.45, 2.75) is 38.2 Å². The molecule has 0 aromatic carbocycles. The minimum atomic E-state index is 0.535. The van der Waals surface area contributed by atoms with Crippen LogP contribution in [0.5, 0.6) is 0 Å². The largest absolute Gasteiger partial charge is 0.377 e. The quantitative estimate of drug-likeness (QED) is 0.732. The lowest BCUT2D eigenvalue weighted by Crippen LogP contribution is -2.40. The lowest BCUT2D eigenvalue weighted by Gasteiger charge is -2.33. The van der Waals surface area contributed by atoms with E-state index in [9.17, 15) is 0 Å². The topological polar surface area (TPSA) is 12.5 Å². The van der Waals surface area contributed by atoms with Crippen LogP contribution in [-0.4, -0.2) is 42.6 Å². The Labute approximate surface area is 101 Å². The molecule has 0 amide bonds. The molecule has 2 aliphatic rings. The molecule has 0 saturated carbocycles. The van der Waals surface area contributed by atoms with Crippen molar-refractivity contribution in [2.24, 2.45) is 5.92 Å². The Hall–Kier alpha value is 0.400. The van der Waals surface area contributed by atoms with Crippen molar-refractivity contribution in [2.75, 3.05) is 31.6 Å². The van der Waals surface area contributed by atoms with Crippen LogP contribution in [-0.2, 0) is 4.74 Å². The zero-order chi connectivity index (χ0) is 10.5. The third-order valence-electron chi connectivity index (χ3n) is 3.61. The van der Waals surface area contributed by atoms with Crippen LogP contribution in [0.15, 0.2) is 0 Å². The summed E-state index contributed by atoms with van der Waals surface area (Å²) in [6, 6.07) is 0. The third kappa shape index (κ3) is 3.72. The molecule has 0 aromatic heterocycles. The smallest absolute Gasteiger partial charge is 0.0702 e. The Balaban J connectivity index is 1.71. The van der Waals surface area contributed by atoms with E-state index in [0.29, 0.717) is 6.10 Å². The number of rotatable bonds is 4. The van der Waals surface area contributed by atoms with Crippen LogP contribution in [0.1, 0.15) is 32.1 Å². The van der Waals surface area contributed by atoms with Crippen LogP contribution in [0.2, 0.25) is 0 Å². The van der Waals surface area contributed by atoms with Crippen molar-refractivity contribution in [1.82, 2.24) is 4.90 Å². The first-order valence-electron chi connectivity index (χ1n) is 6.28. The van der Waals surface area contributed by atoms with Crippen LogP contribution in [0.3, 0.4) is 0 Å². The predicted molar refractivity (Wildman–Crippen MR) is 66.5 cm³/mol. The van der Waals surface area contributed by atoms with Gasteiger partial charge in [0.1, 0.15) is 0 Å². The Kier molecular flexibility index (Phi) is 4.92. The first-order chi connectivity index (χ1) is 7.38. The molecule has 2 rings (SSSR count). The summed E-state index contributed by atoms with van der Waals surface area (Å²) in [5, 5.41) is 1.16. The molecule has 0 N–H and O–H groups in total. The highest BCUT2D eigenvalue weighted by Gasteiger charge is 2.23. The molecule has 2 heterocycles. The van der Waals surface area contributed by atoms with Crippen molar-refractivity contribution in [3.05, 3.63) is 0 Å². The summed E-state index contributed by atoms with van der Waals surface area (Å²) in [5.74, 6) is 0.916. The van der Waals surface area contributed by atoms with Crippen LogP contribution in [0, 0.1) is 5.92 Å². The first kappa shape index (κ1) is 11.9. The summed E-state index contributed by atoms with van der Waals surface area (Å²) >= 11 is 3.55. The van der Waals surface area contributed by atoms with E-state index in [1.807, 2.05) is 0 Å². The Morgan fingerprint density at radius 3 is 2.93 bits per heavy atom. The molecule has 0 radical (unpaired) electrons. The van der Waals surface area contributed by atoms with Gasteiger partial charge in [-0.15, -0.1) is 0 Å². The molecule has 2 atom stereocenters. The predicted octanol–water partition coefficient (Wildman–Crippen LogP) is 2.66. The number of likely N-dealkylation sites (tertiary alicyclic amines) is 1. The number of hydrogen-bond donors (Lipinski definition) is 0. The van der Waals surface area contributed by atoms with Crippen LogP contribution < -0.4 is 0 Å². The maximum absolute atomic E-state index is 5.70. The van der Waals surface area contributed by atoms with Crippen LogP contribution >= 0.6 is 15.9 Å². The summed E-state index contributed by atoms with van der Waals surface area (Å²) in [6.07, 6.45) is 7.22. The molecule has 2 unspecified atom stereocenters. The van der Waals surface area contributed by atoms with Gasteiger partial charge in [-0.3, -0.25) is 0 Å². The van der Waals surface area contributed by atoms with Crippen LogP contribution in [0.25, 0.3) is 0 Å². The molecular weight excluding hydrogens is 254 g/mol. The first-order valence-corrected chi connectivity index (χ1v) is 7.40. The molecule has 2 aliphatic heterocycles. The fraction of sp³-hybridized carbons (Fsp3) is 1.00. The van der Waals surface area contributed by atoms with Gasteiger partial charge in [-0.25, -0.2) is 0 Å². The van der Waals surface area contributed by atoms with E-state index < -0.39 is 0 Å². The van der Waals surface area contributed by atoms with E-state index in [1.54, 1.807) is 0 Å². The van der Waals surface area contributed by atoms with Gasteiger partial charge in [-0.2, -0.15) is 0 Å². The molecule has 3 heteroatoms. The van der Waals surface area contributed by atoms with E-state index >= 15 is 0 Å². The second-order valence-corrected chi connectivity index (χ2v) is 5.67. The van der Waals surface area contributed by atoms with Gasteiger partial charge in [-0.1, -0.05) is 15.9 Å². The molecule has 0 aliphatic carbocycles. The van der Waals surface area contributed by atoms with E-state index in [4.69, 9.17) is 4.74 Å². The second kappa shape index (κ2) is 6.21. The SMILES string of the molecule is BrCCC1CCCN(CC2CCCO2)C1. The fourth-order valence-corrected chi connectivity index (χ4v) is 3.43. The van der Waals surface area contributed by atoms with E-state index in [2.05, 4.69) is 20.8 Å². The summed E-state index contributed by atoms with van der Waals surface area (Å²) in [7, 11) is 0. The zero-order valence-corrected chi connectivity index (χ0v) is 11.0. The highest BCUT2D eigenvalue weighted by molar-refractivity contribution is 9.09. The minimum absolute atomic E-state index is 0.535. The van der Waals surface area contributed by atoms with E-state index in [0.717, 1.165) is 17.9 Å². The van der Waals surface area contributed by atoms with E-state index in [1.165, 1.54) is 51.7 Å². The summed E-state index contributed by atoms with van der Waals surface area (Å²) in [4.78, 5) is 2.62. The van der Waals surface area contributed by atoms with Crippen molar-refractivity contribution in [3.63, 3.8) is 0 Å². The standard InChI is InChI=1S/C12H22BrNO/c13-6-5-11-3-1-7-14(9-11)10-12-4-2-8-15-12/h11-12H,1-10H2. The summed E-state index contributed by atoms with van der Waals surface area (Å²) < 4.78 is 5.70. The normalized spacial score (nSPS) is 33.4. The monoisotopic (exact) mass is 275 g/mol. The number of hydrogen-bond acceptors (Lipinski definition) is 2. The Bertz CT molecular complexity index is 180. The van der Waals surface area contributed by atoms with Gasteiger partial charge in [0.2, 0.25) is 0 Å². The maximum atomic E-state index is 5.70. The zero-order valence-electron chi connectivity index (χ0n) is 9.46. The second-order valence-electron chi connectivity index (χ2n) is 4.88. The average molecular weight is 276 g/mol. The summed E-state index contributed by atoms with van der Waals surface area (Å²) in [6.45, 7) is 4.76. The highest BCUT2D eigenvalue weighted by Crippen LogP contribution is 2.22. The molecule has 2 nitrogen and oxygen atoms in total.